The van der Waals surface area contributed by atoms with Crippen LogP contribution in [-0.2, 0) is 14.4 Å². The summed E-state index contributed by atoms with van der Waals surface area (Å²) in [6, 6.07) is 7.03. The van der Waals surface area contributed by atoms with E-state index in [4.69, 9.17) is 0 Å². The molecule has 0 N–H and O–H groups in total. The van der Waals surface area contributed by atoms with Crippen molar-refractivity contribution in [1.82, 2.24) is 4.90 Å². The minimum absolute atomic E-state index is 0.0680. The molecule has 112 valence electrons. The number of imide groups is 1. The lowest BCUT2D eigenvalue weighted by molar-refractivity contribution is -0.148. The molecule has 1 aliphatic carbocycles. The van der Waals surface area contributed by atoms with E-state index < -0.39 is 17.8 Å². The van der Waals surface area contributed by atoms with Crippen LogP contribution in [0.1, 0.15) is 5.56 Å². The fourth-order valence-electron chi connectivity index (χ4n) is 3.96. The topological polar surface area (TPSA) is 57.7 Å². The molecule has 2 fully saturated rings. The zero-order valence-electron chi connectivity index (χ0n) is 12.4. The van der Waals surface area contributed by atoms with E-state index in [0.717, 1.165) is 5.56 Å². The number of fused-ring (bicyclic) bond motifs is 1. The van der Waals surface area contributed by atoms with Crippen molar-refractivity contribution in [2.24, 2.45) is 17.8 Å². The molecule has 4 atom stereocenters. The van der Waals surface area contributed by atoms with Gasteiger partial charge in [0.15, 0.2) is 0 Å². The van der Waals surface area contributed by atoms with Crippen LogP contribution in [0.5, 0.6) is 0 Å². The predicted octanol–water partition coefficient (Wildman–Crippen LogP) is 1.13. The molecule has 0 saturated carbocycles. The number of para-hydroxylation sites is 1. The second-order valence-electron chi connectivity index (χ2n) is 6.20. The fraction of sp³-hybridized carbons (Fsp3) is 0.353. The molecule has 0 unspecified atom stereocenters. The van der Waals surface area contributed by atoms with Crippen molar-refractivity contribution >= 4 is 23.4 Å². The van der Waals surface area contributed by atoms with E-state index in [-0.39, 0.29) is 23.8 Å². The van der Waals surface area contributed by atoms with Gasteiger partial charge in [0, 0.05) is 7.05 Å². The number of anilines is 1. The van der Waals surface area contributed by atoms with Gasteiger partial charge in [0.05, 0.1) is 29.5 Å². The van der Waals surface area contributed by atoms with Crippen LogP contribution in [-0.4, -0.2) is 35.7 Å². The first-order valence-electron chi connectivity index (χ1n) is 7.41. The smallest absolute Gasteiger partial charge is 0.240 e. The Hall–Kier alpha value is -2.43. The lowest BCUT2D eigenvalue weighted by atomic mass is 9.70. The number of carbonyl (C=O) groups is 3. The maximum absolute atomic E-state index is 12.9. The van der Waals surface area contributed by atoms with Crippen LogP contribution in [0, 0.1) is 24.7 Å². The normalized spacial score (nSPS) is 32.9. The summed E-state index contributed by atoms with van der Waals surface area (Å²) in [6.45, 7) is 1.88. The lowest BCUT2D eigenvalue weighted by Gasteiger charge is -2.44. The minimum Gasteiger partial charge on any atom is -0.338 e. The summed E-state index contributed by atoms with van der Waals surface area (Å²) in [6.07, 6.45) is 3.68. The quantitative estimate of drug-likeness (QED) is 0.576. The van der Waals surface area contributed by atoms with E-state index in [1.165, 1.54) is 4.90 Å². The first kappa shape index (κ1) is 13.2. The zero-order valence-corrected chi connectivity index (χ0v) is 12.4. The Bertz CT molecular complexity index is 739. The van der Waals surface area contributed by atoms with Gasteiger partial charge in [-0.1, -0.05) is 30.4 Å². The maximum Gasteiger partial charge on any atom is 0.240 e. The maximum atomic E-state index is 12.9. The third-order valence-electron chi connectivity index (χ3n) is 5.10. The highest BCUT2D eigenvalue weighted by atomic mass is 16.2. The summed E-state index contributed by atoms with van der Waals surface area (Å²) in [7, 11) is 1.70. The number of likely N-dealkylation sites (N-methyl/N-ethyl adjacent to an activating group) is 1. The van der Waals surface area contributed by atoms with Crippen LogP contribution in [0.3, 0.4) is 0 Å². The van der Waals surface area contributed by atoms with Crippen LogP contribution in [0.4, 0.5) is 5.69 Å². The molecule has 1 aromatic carbocycles. The Morgan fingerprint density at radius 3 is 2.32 bits per heavy atom. The van der Waals surface area contributed by atoms with E-state index in [1.54, 1.807) is 24.1 Å². The number of hydrogen-bond donors (Lipinski definition) is 0. The summed E-state index contributed by atoms with van der Waals surface area (Å²) in [4.78, 5) is 40.9. The highest BCUT2D eigenvalue weighted by Gasteiger charge is 2.61. The van der Waals surface area contributed by atoms with Gasteiger partial charge in [-0.2, -0.15) is 0 Å². The third-order valence-corrected chi connectivity index (χ3v) is 5.10. The number of rotatable bonds is 1. The highest BCUT2D eigenvalue weighted by molar-refractivity contribution is 6.24. The average Bonchev–Trinajstić information content (AvgIpc) is 2.78. The van der Waals surface area contributed by atoms with Gasteiger partial charge in [0.25, 0.3) is 0 Å². The number of carbonyl (C=O) groups excluding carboxylic acids is 3. The molecule has 0 radical (unpaired) electrons. The summed E-state index contributed by atoms with van der Waals surface area (Å²) in [5.74, 6) is -2.02. The molecule has 3 aliphatic heterocycles. The van der Waals surface area contributed by atoms with E-state index in [2.05, 4.69) is 0 Å². The monoisotopic (exact) mass is 296 g/mol. The van der Waals surface area contributed by atoms with Gasteiger partial charge in [-0.15, -0.1) is 0 Å². The molecular weight excluding hydrogens is 280 g/mol. The first-order valence-corrected chi connectivity index (χ1v) is 7.41. The van der Waals surface area contributed by atoms with Gasteiger partial charge >= 0.3 is 0 Å². The number of benzene rings is 1. The molecule has 0 spiro atoms. The van der Waals surface area contributed by atoms with Gasteiger partial charge in [-0.25, -0.2) is 4.90 Å². The van der Waals surface area contributed by atoms with E-state index in [1.807, 2.05) is 31.2 Å². The van der Waals surface area contributed by atoms with Crippen molar-refractivity contribution in [3.05, 3.63) is 42.0 Å². The van der Waals surface area contributed by atoms with E-state index in [0.29, 0.717) is 5.69 Å². The Kier molecular flexibility index (Phi) is 2.58. The molecule has 2 saturated heterocycles. The number of hydrogen-bond acceptors (Lipinski definition) is 3. The first-order chi connectivity index (χ1) is 10.5. The summed E-state index contributed by atoms with van der Waals surface area (Å²) >= 11 is 0. The van der Waals surface area contributed by atoms with Crippen LogP contribution in [0.25, 0.3) is 0 Å². The molecule has 4 aliphatic rings. The van der Waals surface area contributed by atoms with Crippen LogP contribution >= 0.6 is 0 Å². The Labute approximate surface area is 128 Å². The molecule has 0 aromatic heterocycles. The summed E-state index contributed by atoms with van der Waals surface area (Å²) in [5, 5.41) is 0. The van der Waals surface area contributed by atoms with Crippen LogP contribution < -0.4 is 4.90 Å². The Balaban J connectivity index is 1.82. The molecule has 5 rings (SSSR count). The van der Waals surface area contributed by atoms with Crippen LogP contribution in [0.2, 0.25) is 0 Å². The van der Waals surface area contributed by atoms with Crippen molar-refractivity contribution in [2.45, 2.75) is 13.0 Å². The second kappa shape index (κ2) is 4.29. The molecule has 1 aromatic rings. The van der Waals surface area contributed by atoms with Crippen molar-refractivity contribution in [2.75, 3.05) is 11.9 Å². The molecule has 3 amide bonds. The van der Waals surface area contributed by atoms with Crippen molar-refractivity contribution in [3.63, 3.8) is 0 Å². The van der Waals surface area contributed by atoms with Crippen molar-refractivity contribution in [1.29, 1.82) is 0 Å². The standard InChI is InChI=1S/C17H16N2O3/c1-9-5-3-4-6-11(9)19-16(21)13-10-7-8-12(14(13)17(19)22)18(2)15(10)20/h3-8,10,12-14H,1-2H3/t10-,12+,13-,14+/m0/s1. The zero-order chi connectivity index (χ0) is 15.6. The minimum atomic E-state index is -0.550. The summed E-state index contributed by atoms with van der Waals surface area (Å²) in [5.41, 5.74) is 1.50. The SMILES string of the molecule is Cc1ccccc1N1C(=O)[C@@H]2[C@H](C1=O)[C@H]1C=C[C@@H]2C(=O)N1C. The van der Waals surface area contributed by atoms with Gasteiger partial charge in [-0.3, -0.25) is 14.4 Å². The molecule has 5 heteroatoms. The van der Waals surface area contributed by atoms with E-state index >= 15 is 0 Å². The van der Waals surface area contributed by atoms with Gasteiger partial charge in [0.2, 0.25) is 17.7 Å². The van der Waals surface area contributed by atoms with Gasteiger partial charge in [-0.05, 0) is 18.6 Å². The largest absolute Gasteiger partial charge is 0.338 e. The van der Waals surface area contributed by atoms with Crippen molar-refractivity contribution < 1.29 is 14.4 Å². The number of aryl methyl sites for hydroxylation is 1. The molecule has 2 bridgehead atoms. The molecule has 3 heterocycles. The lowest BCUT2D eigenvalue weighted by Crippen LogP contribution is -2.57. The Morgan fingerprint density at radius 2 is 1.59 bits per heavy atom. The molecule has 22 heavy (non-hydrogen) atoms. The highest BCUT2D eigenvalue weighted by Crippen LogP contribution is 2.46. The number of nitrogens with zero attached hydrogens (tertiary/aromatic N) is 2. The fourth-order valence-corrected chi connectivity index (χ4v) is 3.96. The van der Waals surface area contributed by atoms with E-state index in [9.17, 15) is 14.4 Å². The number of piperidine rings is 1. The molecule has 5 nitrogen and oxygen atoms in total. The van der Waals surface area contributed by atoms with Gasteiger partial charge < -0.3 is 4.90 Å². The van der Waals surface area contributed by atoms with Gasteiger partial charge in [0.1, 0.15) is 0 Å². The summed E-state index contributed by atoms with van der Waals surface area (Å²) < 4.78 is 0. The second-order valence-corrected chi connectivity index (χ2v) is 6.20. The average molecular weight is 296 g/mol. The van der Waals surface area contributed by atoms with Crippen molar-refractivity contribution in [3.8, 4) is 0 Å². The Morgan fingerprint density at radius 1 is 0.909 bits per heavy atom. The predicted molar refractivity (Wildman–Crippen MR) is 79.8 cm³/mol. The molecular formula is C17H16N2O3. The number of amides is 3. The third kappa shape index (κ3) is 1.46. The van der Waals surface area contributed by atoms with Crippen LogP contribution in [0.15, 0.2) is 36.4 Å².